The summed E-state index contributed by atoms with van der Waals surface area (Å²) < 4.78 is 4.84. The molecule has 2 N–H and O–H groups in total. The van der Waals surface area contributed by atoms with Crippen LogP contribution >= 0.6 is 0 Å². The van der Waals surface area contributed by atoms with E-state index in [-0.39, 0.29) is 28.6 Å². The standard InChI is InChI=1S/C14H12O4/c1-18-13-8-11(15)10(7-12(13)16)14(17)9-5-3-2-4-6-9/h2-8,15-16H,1H3. The minimum Gasteiger partial charge on any atom is -0.507 e. The van der Waals surface area contributed by atoms with Gasteiger partial charge in [-0.2, -0.15) is 0 Å². The summed E-state index contributed by atoms with van der Waals surface area (Å²) in [4.78, 5) is 12.1. The molecule has 2 aromatic carbocycles. The lowest BCUT2D eigenvalue weighted by Gasteiger charge is -2.08. The van der Waals surface area contributed by atoms with Gasteiger partial charge in [-0.05, 0) is 6.07 Å². The van der Waals surface area contributed by atoms with Gasteiger partial charge in [0.15, 0.2) is 17.3 Å². The van der Waals surface area contributed by atoms with E-state index in [1.54, 1.807) is 30.3 Å². The van der Waals surface area contributed by atoms with Gasteiger partial charge in [0.2, 0.25) is 0 Å². The summed E-state index contributed by atoms with van der Waals surface area (Å²) in [5.74, 6) is -0.642. The van der Waals surface area contributed by atoms with Gasteiger partial charge in [-0.1, -0.05) is 30.3 Å². The SMILES string of the molecule is COc1cc(O)c(C(=O)c2ccccc2)cc1O. The third kappa shape index (κ3) is 2.13. The van der Waals surface area contributed by atoms with E-state index in [0.29, 0.717) is 5.56 Å². The molecule has 0 amide bonds. The molecule has 4 nitrogen and oxygen atoms in total. The van der Waals surface area contributed by atoms with Crippen LogP contribution in [-0.4, -0.2) is 23.1 Å². The Hall–Kier alpha value is -2.49. The van der Waals surface area contributed by atoms with Gasteiger partial charge < -0.3 is 14.9 Å². The normalized spacial score (nSPS) is 10.1. The molecular weight excluding hydrogens is 232 g/mol. The molecule has 2 rings (SSSR count). The molecule has 0 heterocycles. The third-order valence-corrected chi connectivity index (χ3v) is 2.58. The molecule has 18 heavy (non-hydrogen) atoms. The Morgan fingerprint density at radius 1 is 1.06 bits per heavy atom. The Bertz CT molecular complexity index is 576. The number of hydrogen-bond donors (Lipinski definition) is 2. The topological polar surface area (TPSA) is 66.8 Å². The number of ether oxygens (including phenoxy) is 1. The first kappa shape index (κ1) is 12.0. The number of hydrogen-bond acceptors (Lipinski definition) is 4. The highest BCUT2D eigenvalue weighted by atomic mass is 16.5. The molecule has 0 saturated carbocycles. The summed E-state index contributed by atoms with van der Waals surface area (Å²) in [5, 5.41) is 19.4. The van der Waals surface area contributed by atoms with Gasteiger partial charge in [-0.3, -0.25) is 4.79 Å². The monoisotopic (exact) mass is 244 g/mol. The van der Waals surface area contributed by atoms with Gasteiger partial charge in [0.25, 0.3) is 0 Å². The Labute approximate surface area is 104 Å². The molecule has 0 unspecified atom stereocenters. The molecule has 0 radical (unpaired) electrons. The highest BCUT2D eigenvalue weighted by Gasteiger charge is 2.16. The molecule has 2 aromatic rings. The fraction of sp³-hybridized carbons (Fsp3) is 0.0714. The Kier molecular flexibility index (Phi) is 3.19. The van der Waals surface area contributed by atoms with E-state index in [1.165, 1.54) is 19.2 Å². The van der Waals surface area contributed by atoms with Crippen LogP contribution in [0.4, 0.5) is 0 Å². The van der Waals surface area contributed by atoms with Gasteiger partial charge in [-0.25, -0.2) is 0 Å². The van der Waals surface area contributed by atoms with Crippen LogP contribution in [0.3, 0.4) is 0 Å². The van der Waals surface area contributed by atoms with Crippen LogP contribution < -0.4 is 4.74 Å². The summed E-state index contributed by atoms with van der Waals surface area (Å²) in [7, 11) is 1.37. The van der Waals surface area contributed by atoms with E-state index in [2.05, 4.69) is 0 Å². The first-order valence-electron chi connectivity index (χ1n) is 5.33. The van der Waals surface area contributed by atoms with E-state index in [4.69, 9.17) is 4.74 Å². The fourth-order valence-corrected chi connectivity index (χ4v) is 1.65. The number of aromatic hydroxyl groups is 2. The highest BCUT2D eigenvalue weighted by Crippen LogP contribution is 2.34. The van der Waals surface area contributed by atoms with Crippen LogP contribution in [0.1, 0.15) is 15.9 Å². The molecule has 0 aliphatic rings. The zero-order chi connectivity index (χ0) is 13.1. The largest absolute Gasteiger partial charge is 0.507 e. The lowest BCUT2D eigenvalue weighted by atomic mass is 10.0. The molecule has 0 aromatic heterocycles. The Balaban J connectivity index is 2.46. The summed E-state index contributed by atoms with van der Waals surface area (Å²) in [5.41, 5.74) is 0.483. The number of ketones is 1. The lowest BCUT2D eigenvalue weighted by Crippen LogP contribution is -2.01. The average Bonchev–Trinajstić information content (AvgIpc) is 2.41. The van der Waals surface area contributed by atoms with Crippen LogP contribution in [-0.2, 0) is 0 Å². The van der Waals surface area contributed by atoms with E-state index in [1.807, 2.05) is 0 Å². The average molecular weight is 244 g/mol. The van der Waals surface area contributed by atoms with Crippen molar-refractivity contribution in [3.05, 3.63) is 53.6 Å². The minimum absolute atomic E-state index is 0.0412. The summed E-state index contributed by atoms with van der Waals surface area (Å²) in [6.07, 6.45) is 0. The van der Waals surface area contributed by atoms with Gasteiger partial charge in [0.05, 0.1) is 12.7 Å². The number of benzene rings is 2. The zero-order valence-corrected chi connectivity index (χ0v) is 9.75. The van der Waals surface area contributed by atoms with Crippen molar-refractivity contribution in [2.75, 3.05) is 7.11 Å². The molecule has 4 heteroatoms. The fourth-order valence-electron chi connectivity index (χ4n) is 1.65. The molecule has 0 fully saturated rings. The van der Waals surface area contributed by atoms with Crippen LogP contribution in [0.15, 0.2) is 42.5 Å². The van der Waals surface area contributed by atoms with Crippen molar-refractivity contribution in [1.29, 1.82) is 0 Å². The van der Waals surface area contributed by atoms with Gasteiger partial charge in [0.1, 0.15) is 5.75 Å². The maximum absolute atomic E-state index is 12.1. The van der Waals surface area contributed by atoms with E-state index in [9.17, 15) is 15.0 Å². The van der Waals surface area contributed by atoms with Crippen LogP contribution in [0.5, 0.6) is 17.2 Å². The number of rotatable bonds is 3. The smallest absolute Gasteiger partial charge is 0.196 e. The van der Waals surface area contributed by atoms with E-state index in [0.717, 1.165) is 0 Å². The maximum atomic E-state index is 12.1. The number of phenols is 2. The minimum atomic E-state index is -0.356. The molecule has 0 aliphatic heterocycles. The number of methoxy groups -OCH3 is 1. The van der Waals surface area contributed by atoms with Crippen molar-refractivity contribution in [2.45, 2.75) is 0 Å². The van der Waals surface area contributed by atoms with Crippen LogP contribution in [0, 0.1) is 0 Å². The molecule has 0 spiro atoms. The summed E-state index contributed by atoms with van der Waals surface area (Å²) in [6, 6.07) is 10.9. The van der Waals surface area contributed by atoms with Crippen molar-refractivity contribution in [3.63, 3.8) is 0 Å². The molecule has 0 aliphatic carbocycles. The van der Waals surface area contributed by atoms with Crippen LogP contribution in [0.2, 0.25) is 0 Å². The van der Waals surface area contributed by atoms with Crippen molar-refractivity contribution in [3.8, 4) is 17.2 Å². The first-order valence-corrected chi connectivity index (χ1v) is 5.33. The number of phenolic OH excluding ortho intramolecular Hbond substituents is 2. The second kappa shape index (κ2) is 4.79. The van der Waals surface area contributed by atoms with Crippen molar-refractivity contribution in [2.24, 2.45) is 0 Å². The van der Waals surface area contributed by atoms with E-state index >= 15 is 0 Å². The maximum Gasteiger partial charge on any atom is 0.196 e. The molecular formula is C14H12O4. The van der Waals surface area contributed by atoms with E-state index < -0.39 is 0 Å². The number of carbonyl (C=O) groups is 1. The highest BCUT2D eigenvalue weighted by molar-refractivity contribution is 6.11. The van der Waals surface area contributed by atoms with Gasteiger partial charge >= 0.3 is 0 Å². The zero-order valence-electron chi connectivity index (χ0n) is 9.75. The lowest BCUT2D eigenvalue weighted by molar-refractivity contribution is 0.103. The second-order valence-electron chi connectivity index (χ2n) is 3.74. The van der Waals surface area contributed by atoms with Crippen molar-refractivity contribution < 1.29 is 19.7 Å². The van der Waals surface area contributed by atoms with Gasteiger partial charge in [-0.15, -0.1) is 0 Å². The predicted molar refractivity (Wildman–Crippen MR) is 66.2 cm³/mol. The van der Waals surface area contributed by atoms with Crippen molar-refractivity contribution in [1.82, 2.24) is 0 Å². The Morgan fingerprint density at radius 2 is 1.72 bits per heavy atom. The first-order chi connectivity index (χ1) is 8.63. The molecule has 0 bridgehead atoms. The Morgan fingerprint density at radius 3 is 2.33 bits per heavy atom. The molecule has 92 valence electrons. The quantitative estimate of drug-likeness (QED) is 0.642. The summed E-state index contributed by atoms with van der Waals surface area (Å²) >= 11 is 0. The van der Waals surface area contributed by atoms with Gasteiger partial charge in [0, 0.05) is 11.6 Å². The molecule has 0 atom stereocenters. The second-order valence-corrected chi connectivity index (χ2v) is 3.74. The van der Waals surface area contributed by atoms with Crippen LogP contribution in [0.25, 0.3) is 0 Å². The third-order valence-electron chi connectivity index (χ3n) is 2.58. The van der Waals surface area contributed by atoms with Crippen molar-refractivity contribution >= 4 is 5.78 Å². The predicted octanol–water partition coefficient (Wildman–Crippen LogP) is 2.34. The summed E-state index contributed by atoms with van der Waals surface area (Å²) in [6.45, 7) is 0. The molecule has 0 saturated heterocycles. The number of carbonyl (C=O) groups excluding carboxylic acids is 1.